The molecule has 0 spiro atoms. The molecule has 0 atom stereocenters. The fourth-order valence-electron chi connectivity index (χ4n) is 2.35. The molecule has 0 aliphatic carbocycles. The van der Waals surface area contributed by atoms with E-state index in [1.165, 1.54) is 27.6 Å². The van der Waals surface area contributed by atoms with Crippen LogP contribution in [-0.2, 0) is 11.2 Å². The van der Waals surface area contributed by atoms with Crippen molar-refractivity contribution < 1.29 is 9.59 Å². The number of carbonyl (C=O) groups is 2. The summed E-state index contributed by atoms with van der Waals surface area (Å²) >= 11 is 2.58. The molecule has 3 heterocycles. The van der Waals surface area contributed by atoms with Gasteiger partial charge in [-0.3, -0.25) is 9.59 Å². The Morgan fingerprint density at radius 2 is 1.89 bits per heavy atom. The summed E-state index contributed by atoms with van der Waals surface area (Å²) in [5, 5.41) is 8.78. The molecule has 10 heteroatoms. The van der Waals surface area contributed by atoms with Gasteiger partial charge in [0.05, 0.1) is 17.8 Å². The van der Waals surface area contributed by atoms with Gasteiger partial charge >= 0.3 is 0 Å². The number of aromatic nitrogens is 3. The van der Waals surface area contributed by atoms with Crippen molar-refractivity contribution in [3.63, 3.8) is 0 Å². The van der Waals surface area contributed by atoms with Gasteiger partial charge in [0, 0.05) is 25.2 Å². The molecule has 0 saturated heterocycles. The Morgan fingerprint density at radius 1 is 1.11 bits per heavy atom. The Labute approximate surface area is 170 Å². The summed E-state index contributed by atoms with van der Waals surface area (Å²) in [4.78, 5) is 39.5. The number of thiazole rings is 2. The molecule has 28 heavy (non-hydrogen) atoms. The topological polar surface area (TPSA) is 100 Å². The first-order valence-corrected chi connectivity index (χ1v) is 10.2. The summed E-state index contributed by atoms with van der Waals surface area (Å²) in [5.41, 5.74) is 2.16. The number of amides is 2. The third kappa shape index (κ3) is 4.90. The lowest BCUT2D eigenvalue weighted by molar-refractivity contribution is -0.115. The number of hydrogen-bond donors (Lipinski definition) is 2. The van der Waals surface area contributed by atoms with E-state index >= 15 is 0 Å². The van der Waals surface area contributed by atoms with E-state index in [0.29, 0.717) is 32.3 Å². The third-order valence-corrected chi connectivity index (χ3v) is 5.53. The van der Waals surface area contributed by atoms with Crippen molar-refractivity contribution >= 4 is 50.6 Å². The van der Waals surface area contributed by atoms with Gasteiger partial charge in [-0.25, -0.2) is 15.0 Å². The van der Waals surface area contributed by atoms with Gasteiger partial charge in [0.1, 0.15) is 10.7 Å². The first kappa shape index (κ1) is 19.9. The number of pyridine rings is 1. The van der Waals surface area contributed by atoms with E-state index in [-0.39, 0.29) is 18.2 Å². The molecular weight excluding hydrogens is 396 g/mol. The first-order chi connectivity index (χ1) is 13.3. The maximum Gasteiger partial charge on any atom is 0.265 e. The van der Waals surface area contributed by atoms with Gasteiger partial charge in [-0.15, -0.1) is 11.3 Å². The van der Waals surface area contributed by atoms with Crippen molar-refractivity contribution in [1.82, 2.24) is 19.9 Å². The van der Waals surface area contributed by atoms with E-state index < -0.39 is 0 Å². The molecule has 0 aliphatic heterocycles. The zero-order valence-electron chi connectivity index (χ0n) is 15.9. The van der Waals surface area contributed by atoms with Gasteiger partial charge in [-0.05, 0) is 26.0 Å². The molecule has 0 bridgehead atoms. The summed E-state index contributed by atoms with van der Waals surface area (Å²) in [6, 6.07) is 5.69. The number of anilines is 3. The molecule has 0 radical (unpaired) electrons. The second kappa shape index (κ2) is 8.44. The van der Waals surface area contributed by atoms with Crippen molar-refractivity contribution in [2.75, 3.05) is 24.7 Å². The molecule has 0 fully saturated rings. The molecule has 3 aromatic heterocycles. The van der Waals surface area contributed by atoms with Crippen LogP contribution in [0.2, 0.25) is 0 Å². The average molecular weight is 417 g/mol. The first-order valence-electron chi connectivity index (χ1n) is 8.46. The molecule has 3 rings (SSSR count). The molecule has 146 valence electrons. The van der Waals surface area contributed by atoms with Crippen LogP contribution in [0.3, 0.4) is 0 Å². The highest BCUT2D eigenvalue weighted by atomic mass is 32.1. The standard InChI is InChI=1S/C18H20N6O2S2/c1-10-6-5-7-13(19-10)22-17-21-12(9-27-17)8-14(25)23-18-20-11(2)15(28-18)16(26)24(3)4/h5-7,9H,8H2,1-4H3,(H,19,21,22)(H,20,23,25). The molecular formula is C18H20N6O2S2. The van der Waals surface area contributed by atoms with Crippen LogP contribution in [0.1, 0.15) is 26.8 Å². The summed E-state index contributed by atoms with van der Waals surface area (Å²) in [6.45, 7) is 3.67. The monoisotopic (exact) mass is 416 g/mol. The van der Waals surface area contributed by atoms with Crippen molar-refractivity contribution in [2.45, 2.75) is 20.3 Å². The molecule has 0 aromatic carbocycles. The molecule has 0 aliphatic rings. The number of nitrogens with zero attached hydrogens (tertiary/aromatic N) is 4. The van der Waals surface area contributed by atoms with Crippen molar-refractivity contribution in [3.8, 4) is 0 Å². The van der Waals surface area contributed by atoms with Crippen molar-refractivity contribution in [2.24, 2.45) is 0 Å². The van der Waals surface area contributed by atoms with Crippen LogP contribution in [0.25, 0.3) is 0 Å². The Bertz CT molecular complexity index is 1010. The van der Waals surface area contributed by atoms with E-state index in [1.54, 1.807) is 21.0 Å². The molecule has 2 amide bonds. The zero-order chi connectivity index (χ0) is 20.3. The minimum Gasteiger partial charge on any atom is -0.344 e. The Morgan fingerprint density at radius 3 is 2.61 bits per heavy atom. The maximum atomic E-state index is 12.3. The van der Waals surface area contributed by atoms with Gasteiger partial charge in [-0.1, -0.05) is 17.4 Å². The van der Waals surface area contributed by atoms with E-state index in [1.807, 2.05) is 30.5 Å². The number of hydrogen-bond acceptors (Lipinski definition) is 8. The fraction of sp³-hybridized carbons (Fsp3) is 0.278. The Balaban J connectivity index is 1.61. The second-order valence-electron chi connectivity index (χ2n) is 6.29. The Kier molecular flexibility index (Phi) is 6.00. The summed E-state index contributed by atoms with van der Waals surface area (Å²) in [7, 11) is 3.36. The highest BCUT2D eigenvalue weighted by molar-refractivity contribution is 7.17. The van der Waals surface area contributed by atoms with E-state index in [2.05, 4.69) is 25.6 Å². The minimum absolute atomic E-state index is 0.120. The fourth-order valence-corrected chi connectivity index (χ4v) is 4.07. The van der Waals surface area contributed by atoms with Crippen LogP contribution in [0.5, 0.6) is 0 Å². The number of rotatable bonds is 6. The lowest BCUT2D eigenvalue weighted by atomic mass is 10.3. The highest BCUT2D eigenvalue weighted by Crippen LogP contribution is 2.24. The summed E-state index contributed by atoms with van der Waals surface area (Å²) < 4.78 is 0. The van der Waals surface area contributed by atoms with Gasteiger partial charge in [0.15, 0.2) is 10.3 Å². The van der Waals surface area contributed by atoms with Gasteiger partial charge < -0.3 is 15.5 Å². The number of nitrogens with one attached hydrogen (secondary N) is 2. The number of aryl methyl sites for hydroxylation is 2. The lowest BCUT2D eigenvalue weighted by Crippen LogP contribution is -2.21. The quantitative estimate of drug-likeness (QED) is 0.640. The largest absolute Gasteiger partial charge is 0.344 e. The number of carbonyl (C=O) groups excluding carboxylic acids is 2. The average Bonchev–Trinajstić information content (AvgIpc) is 3.20. The molecule has 2 N–H and O–H groups in total. The van der Waals surface area contributed by atoms with Gasteiger partial charge in [0.25, 0.3) is 5.91 Å². The van der Waals surface area contributed by atoms with Crippen LogP contribution in [0, 0.1) is 13.8 Å². The van der Waals surface area contributed by atoms with Crippen LogP contribution in [0.4, 0.5) is 16.1 Å². The van der Waals surface area contributed by atoms with Crippen LogP contribution in [0.15, 0.2) is 23.6 Å². The van der Waals surface area contributed by atoms with E-state index in [0.717, 1.165) is 5.69 Å². The summed E-state index contributed by atoms with van der Waals surface area (Å²) in [6.07, 6.45) is 0.120. The van der Waals surface area contributed by atoms with Gasteiger partial charge in [-0.2, -0.15) is 0 Å². The molecule has 0 saturated carbocycles. The second-order valence-corrected chi connectivity index (χ2v) is 8.15. The van der Waals surface area contributed by atoms with Crippen molar-refractivity contribution in [3.05, 3.63) is 45.5 Å². The van der Waals surface area contributed by atoms with Crippen LogP contribution < -0.4 is 10.6 Å². The normalized spacial score (nSPS) is 10.6. The minimum atomic E-state index is -0.233. The van der Waals surface area contributed by atoms with Crippen molar-refractivity contribution in [1.29, 1.82) is 0 Å². The predicted octanol–water partition coefficient (Wildman–Crippen LogP) is 3.24. The smallest absolute Gasteiger partial charge is 0.265 e. The SMILES string of the molecule is Cc1cccc(Nc2nc(CC(=O)Nc3nc(C)c(C(=O)N(C)C)s3)cs2)n1. The molecule has 0 unspecified atom stereocenters. The Hall–Kier alpha value is -2.85. The van der Waals surface area contributed by atoms with E-state index in [9.17, 15) is 9.59 Å². The van der Waals surface area contributed by atoms with E-state index in [4.69, 9.17) is 0 Å². The van der Waals surface area contributed by atoms with Crippen LogP contribution >= 0.6 is 22.7 Å². The molecule has 3 aromatic rings. The lowest BCUT2D eigenvalue weighted by Gasteiger charge is -2.07. The maximum absolute atomic E-state index is 12.3. The highest BCUT2D eigenvalue weighted by Gasteiger charge is 2.18. The van der Waals surface area contributed by atoms with Gasteiger partial charge in [0.2, 0.25) is 5.91 Å². The summed E-state index contributed by atoms with van der Waals surface area (Å²) in [5.74, 6) is 0.348. The third-order valence-electron chi connectivity index (χ3n) is 3.66. The molecule has 8 nitrogen and oxygen atoms in total. The zero-order valence-corrected chi connectivity index (χ0v) is 17.6. The predicted molar refractivity (Wildman–Crippen MR) is 112 cm³/mol. The van der Waals surface area contributed by atoms with Crippen LogP contribution in [-0.4, -0.2) is 45.8 Å².